The van der Waals surface area contributed by atoms with Gasteiger partial charge in [0.2, 0.25) is 0 Å². The monoisotopic (exact) mass is 390 g/mol. The van der Waals surface area contributed by atoms with Crippen molar-refractivity contribution >= 4 is 32.8 Å². The average molecular weight is 390 g/mol. The quantitative estimate of drug-likeness (QED) is 0.467. The molecule has 1 heterocycles. The molecule has 0 saturated carbocycles. The van der Waals surface area contributed by atoms with Crippen LogP contribution in [0.15, 0.2) is 94.9 Å². The molecule has 6 heteroatoms. The highest BCUT2D eigenvalue weighted by Gasteiger charge is 2.20. The van der Waals surface area contributed by atoms with Crippen LogP contribution in [0.3, 0.4) is 0 Å². The lowest BCUT2D eigenvalue weighted by Gasteiger charge is -2.07. The number of hydrogen-bond donors (Lipinski definition) is 0. The highest BCUT2D eigenvalue weighted by molar-refractivity contribution is 7.90. The van der Waals surface area contributed by atoms with Crippen LogP contribution in [0.4, 0.5) is 5.69 Å². The van der Waals surface area contributed by atoms with Gasteiger partial charge in [-0.25, -0.2) is 12.4 Å². The minimum atomic E-state index is -3.70. The summed E-state index contributed by atoms with van der Waals surface area (Å²) in [5.74, 6) is 0.754. The zero-order valence-corrected chi connectivity index (χ0v) is 16.0. The van der Waals surface area contributed by atoms with E-state index in [4.69, 9.17) is 4.74 Å². The molecular formula is C22H18N2O3S. The van der Waals surface area contributed by atoms with E-state index in [9.17, 15) is 8.42 Å². The van der Waals surface area contributed by atoms with Crippen molar-refractivity contribution in [2.75, 3.05) is 7.11 Å². The van der Waals surface area contributed by atoms with E-state index in [2.05, 4.69) is 4.99 Å². The van der Waals surface area contributed by atoms with E-state index >= 15 is 0 Å². The molecule has 5 nitrogen and oxygen atoms in total. The fourth-order valence-electron chi connectivity index (χ4n) is 3.00. The second-order valence-corrected chi connectivity index (χ2v) is 7.99. The minimum absolute atomic E-state index is 0.245. The van der Waals surface area contributed by atoms with Crippen LogP contribution < -0.4 is 4.74 Å². The lowest BCUT2D eigenvalue weighted by molar-refractivity contribution is 0.415. The van der Waals surface area contributed by atoms with Crippen LogP contribution in [-0.4, -0.2) is 25.7 Å². The third-order valence-electron chi connectivity index (χ3n) is 4.43. The van der Waals surface area contributed by atoms with Gasteiger partial charge in [-0.1, -0.05) is 36.4 Å². The molecule has 0 N–H and O–H groups in total. The number of aliphatic imine (C=N–C) groups is 1. The van der Waals surface area contributed by atoms with Gasteiger partial charge in [0.25, 0.3) is 10.0 Å². The maximum atomic E-state index is 13.1. The smallest absolute Gasteiger partial charge is 0.268 e. The van der Waals surface area contributed by atoms with Crippen LogP contribution in [0.1, 0.15) is 5.56 Å². The molecule has 0 spiro atoms. The van der Waals surface area contributed by atoms with Gasteiger partial charge in [0.15, 0.2) is 0 Å². The topological polar surface area (TPSA) is 60.7 Å². The normalized spacial score (nSPS) is 11.9. The molecule has 0 aliphatic carbocycles. The largest absolute Gasteiger partial charge is 0.497 e. The SMILES string of the molecule is COc1ccc(N=Cc2cn(S(=O)(=O)c3ccccc3)c3ccccc23)cc1. The van der Waals surface area contributed by atoms with Gasteiger partial charge in [-0.3, -0.25) is 4.99 Å². The van der Waals surface area contributed by atoms with Gasteiger partial charge in [-0.15, -0.1) is 0 Å². The number of benzene rings is 3. The highest BCUT2D eigenvalue weighted by atomic mass is 32.2. The second kappa shape index (κ2) is 7.32. The van der Waals surface area contributed by atoms with Gasteiger partial charge < -0.3 is 4.74 Å². The third kappa shape index (κ3) is 3.30. The molecule has 4 aromatic rings. The molecule has 28 heavy (non-hydrogen) atoms. The zero-order valence-electron chi connectivity index (χ0n) is 15.2. The Bertz CT molecular complexity index is 1240. The molecule has 0 unspecified atom stereocenters. The van der Waals surface area contributed by atoms with Crippen LogP contribution >= 0.6 is 0 Å². The first-order valence-corrected chi connectivity index (χ1v) is 10.1. The van der Waals surface area contributed by atoms with E-state index < -0.39 is 10.0 Å². The van der Waals surface area contributed by atoms with Gasteiger partial charge >= 0.3 is 0 Å². The minimum Gasteiger partial charge on any atom is -0.497 e. The summed E-state index contributed by atoms with van der Waals surface area (Å²) in [5, 5.41) is 0.819. The average Bonchev–Trinajstić information content (AvgIpc) is 3.13. The Kier molecular flexibility index (Phi) is 4.71. The molecule has 3 aromatic carbocycles. The molecule has 0 aliphatic rings. The molecule has 0 radical (unpaired) electrons. The van der Waals surface area contributed by atoms with E-state index in [-0.39, 0.29) is 4.90 Å². The van der Waals surface area contributed by atoms with Crippen molar-refractivity contribution < 1.29 is 13.2 Å². The Labute approximate surface area is 163 Å². The molecule has 0 amide bonds. The first-order valence-electron chi connectivity index (χ1n) is 8.68. The third-order valence-corrected chi connectivity index (χ3v) is 6.12. The van der Waals surface area contributed by atoms with Gasteiger partial charge in [-0.2, -0.15) is 0 Å². The molecule has 0 fully saturated rings. The molecule has 0 aliphatic heterocycles. The predicted molar refractivity (Wildman–Crippen MR) is 111 cm³/mol. The fourth-order valence-corrected chi connectivity index (χ4v) is 4.39. The first-order chi connectivity index (χ1) is 13.6. The number of rotatable bonds is 5. The van der Waals surface area contributed by atoms with Crippen LogP contribution in [0.2, 0.25) is 0 Å². The summed E-state index contributed by atoms with van der Waals surface area (Å²) < 4.78 is 32.7. The Hall–Kier alpha value is -3.38. The molecule has 0 atom stereocenters. The standard InChI is InChI=1S/C22H18N2O3S/c1-27-19-13-11-18(12-14-19)23-15-17-16-24(22-10-6-5-9-21(17)22)28(25,26)20-7-3-2-4-8-20/h2-16H,1H3. The maximum absolute atomic E-state index is 13.1. The summed E-state index contributed by atoms with van der Waals surface area (Å²) in [5.41, 5.74) is 2.09. The Morgan fingerprint density at radius 2 is 1.57 bits per heavy atom. The maximum Gasteiger partial charge on any atom is 0.268 e. The van der Waals surface area contributed by atoms with Crippen LogP contribution in [0, 0.1) is 0 Å². The van der Waals surface area contributed by atoms with Gasteiger partial charge in [-0.05, 0) is 42.5 Å². The molecule has 140 valence electrons. The number of fused-ring (bicyclic) bond motifs is 1. The summed E-state index contributed by atoms with van der Waals surface area (Å²) in [6, 6.07) is 23.1. The van der Waals surface area contributed by atoms with Crippen molar-refractivity contribution in [1.29, 1.82) is 0 Å². The lowest BCUT2D eigenvalue weighted by Crippen LogP contribution is -2.11. The predicted octanol–water partition coefficient (Wildman–Crippen LogP) is 4.64. The number of nitrogens with zero attached hydrogens (tertiary/aromatic N) is 2. The first kappa shape index (κ1) is 18.0. The molecular weight excluding hydrogens is 372 g/mol. The summed E-state index contributed by atoms with van der Waals surface area (Å²) in [7, 11) is -2.09. The van der Waals surface area contributed by atoms with Gasteiger partial charge in [0.1, 0.15) is 5.75 Å². The number of ether oxygens (including phenoxy) is 1. The van der Waals surface area contributed by atoms with Crippen molar-refractivity contribution in [3.63, 3.8) is 0 Å². The van der Waals surface area contributed by atoms with E-state index in [1.54, 1.807) is 55.9 Å². The number of para-hydroxylation sites is 1. The lowest BCUT2D eigenvalue weighted by atomic mass is 10.2. The summed E-state index contributed by atoms with van der Waals surface area (Å²) >= 11 is 0. The Morgan fingerprint density at radius 3 is 2.29 bits per heavy atom. The van der Waals surface area contributed by atoms with Crippen molar-refractivity contribution in [1.82, 2.24) is 3.97 Å². The van der Waals surface area contributed by atoms with Crippen molar-refractivity contribution in [3.8, 4) is 5.75 Å². The summed E-state index contributed by atoms with van der Waals surface area (Å²) in [6.45, 7) is 0. The highest BCUT2D eigenvalue weighted by Crippen LogP contribution is 2.26. The second-order valence-electron chi connectivity index (χ2n) is 6.17. The zero-order chi connectivity index (χ0) is 19.6. The molecule has 4 rings (SSSR count). The van der Waals surface area contributed by atoms with E-state index in [1.165, 1.54) is 3.97 Å². The number of methoxy groups -OCH3 is 1. The molecule has 0 bridgehead atoms. The fraction of sp³-hybridized carbons (Fsp3) is 0.0455. The van der Waals surface area contributed by atoms with Crippen molar-refractivity contribution in [2.24, 2.45) is 4.99 Å². The number of hydrogen-bond acceptors (Lipinski definition) is 4. The van der Waals surface area contributed by atoms with E-state index in [0.717, 1.165) is 22.4 Å². The number of aromatic nitrogens is 1. The van der Waals surface area contributed by atoms with Gasteiger partial charge in [0.05, 0.1) is 23.2 Å². The van der Waals surface area contributed by atoms with E-state index in [0.29, 0.717) is 5.52 Å². The van der Waals surface area contributed by atoms with Crippen LogP contribution in [-0.2, 0) is 10.0 Å². The van der Waals surface area contributed by atoms with Gasteiger partial charge in [0, 0.05) is 23.4 Å². The molecule has 0 saturated heterocycles. The Morgan fingerprint density at radius 1 is 0.893 bits per heavy atom. The van der Waals surface area contributed by atoms with Crippen molar-refractivity contribution in [3.05, 3.63) is 90.6 Å². The Balaban J connectivity index is 1.79. The summed E-state index contributed by atoms with van der Waals surface area (Å²) in [6.07, 6.45) is 3.29. The van der Waals surface area contributed by atoms with E-state index in [1.807, 2.05) is 42.5 Å². The van der Waals surface area contributed by atoms with Crippen LogP contribution in [0.25, 0.3) is 10.9 Å². The summed E-state index contributed by atoms with van der Waals surface area (Å²) in [4.78, 5) is 4.73. The van der Waals surface area contributed by atoms with Crippen LogP contribution in [0.5, 0.6) is 5.75 Å². The molecule has 1 aromatic heterocycles. The van der Waals surface area contributed by atoms with Crippen molar-refractivity contribution in [2.45, 2.75) is 4.90 Å².